The van der Waals surface area contributed by atoms with Crippen molar-refractivity contribution in [3.63, 3.8) is 0 Å². The second-order valence-corrected chi connectivity index (χ2v) is 4.87. The van der Waals surface area contributed by atoms with Crippen molar-refractivity contribution >= 4 is 11.6 Å². The smallest absolute Gasteiger partial charge is 0.387 e. The summed E-state index contributed by atoms with van der Waals surface area (Å²) < 4.78 is 55.7. The maximum absolute atomic E-state index is 13.8. The molecule has 0 saturated carbocycles. The van der Waals surface area contributed by atoms with E-state index in [1.807, 2.05) is 0 Å². The summed E-state index contributed by atoms with van der Waals surface area (Å²) in [6.45, 7) is -1.48. The van der Waals surface area contributed by atoms with Crippen molar-refractivity contribution < 1.29 is 22.3 Å². The van der Waals surface area contributed by atoms with Gasteiger partial charge in [0.15, 0.2) is 0 Å². The molecule has 0 amide bonds. The van der Waals surface area contributed by atoms with Gasteiger partial charge in [-0.25, -0.2) is 8.78 Å². The molecule has 0 saturated heterocycles. The highest BCUT2D eigenvalue weighted by atomic mass is 35.5. The molecule has 0 aromatic heterocycles. The number of alkyl halides is 3. The van der Waals surface area contributed by atoms with Crippen LogP contribution in [0.1, 0.15) is 22.1 Å². The van der Waals surface area contributed by atoms with Crippen molar-refractivity contribution in [2.24, 2.45) is 0 Å². The molecule has 0 aliphatic rings. The summed E-state index contributed by atoms with van der Waals surface area (Å²) >= 11 is 6.16. The van der Waals surface area contributed by atoms with E-state index in [0.29, 0.717) is 5.56 Å². The van der Waals surface area contributed by atoms with Crippen LogP contribution in [0.2, 0.25) is 0 Å². The van der Waals surface area contributed by atoms with Gasteiger partial charge in [-0.1, -0.05) is 12.1 Å². The van der Waals surface area contributed by atoms with E-state index < -0.39 is 23.6 Å². The minimum atomic E-state index is -2.96. The first-order valence-corrected chi connectivity index (χ1v) is 6.46. The SMILES string of the molecule is Cc1cc(C(Cl)c2cccc(OC(F)F)c2)c(F)cc1F. The molecule has 2 rings (SSSR count). The fourth-order valence-electron chi connectivity index (χ4n) is 1.90. The fourth-order valence-corrected chi connectivity index (χ4v) is 2.20. The van der Waals surface area contributed by atoms with Gasteiger partial charge in [0.2, 0.25) is 0 Å². The van der Waals surface area contributed by atoms with Crippen LogP contribution in [0.5, 0.6) is 5.75 Å². The van der Waals surface area contributed by atoms with Crippen LogP contribution in [0, 0.1) is 18.6 Å². The lowest BCUT2D eigenvalue weighted by Crippen LogP contribution is -2.03. The van der Waals surface area contributed by atoms with Crippen LogP contribution in [-0.4, -0.2) is 6.61 Å². The maximum atomic E-state index is 13.8. The molecule has 0 fully saturated rings. The van der Waals surface area contributed by atoms with E-state index in [1.54, 1.807) is 6.07 Å². The molecular formula is C15H11ClF4O. The van der Waals surface area contributed by atoms with Crippen molar-refractivity contribution in [2.75, 3.05) is 0 Å². The van der Waals surface area contributed by atoms with Crippen molar-refractivity contribution in [1.29, 1.82) is 0 Å². The summed E-state index contributed by atoms with van der Waals surface area (Å²) in [5.41, 5.74) is 0.696. The molecule has 1 atom stereocenters. The van der Waals surface area contributed by atoms with Gasteiger partial charge in [-0.15, -0.1) is 11.6 Å². The number of aryl methyl sites for hydroxylation is 1. The molecule has 0 bridgehead atoms. The van der Waals surface area contributed by atoms with Crippen LogP contribution < -0.4 is 4.74 Å². The largest absolute Gasteiger partial charge is 0.435 e. The van der Waals surface area contributed by atoms with E-state index in [0.717, 1.165) is 6.07 Å². The Kier molecular flexibility index (Phi) is 4.73. The lowest BCUT2D eigenvalue weighted by molar-refractivity contribution is -0.0498. The highest BCUT2D eigenvalue weighted by Gasteiger charge is 2.18. The Balaban J connectivity index is 2.36. The molecule has 1 nitrogen and oxygen atoms in total. The number of rotatable bonds is 4. The Morgan fingerprint density at radius 2 is 1.76 bits per heavy atom. The third-order valence-corrected chi connectivity index (χ3v) is 3.41. The predicted molar refractivity (Wildman–Crippen MR) is 71.9 cm³/mol. The molecule has 0 N–H and O–H groups in total. The standard InChI is InChI=1S/C15H11ClF4O/c1-8-5-11(13(18)7-12(8)17)14(16)9-3-2-4-10(6-9)21-15(19)20/h2-7,14-15H,1H3. The Hall–Kier alpha value is -1.75. The first-order chi connectivity index (χ1) is 9.88. The summed E-state index contributed by atoms with van der Waals surface area (Å²) in [4.78, 5) is 0. The Bertz CT molecular complexity index is 646. The van der Waals surface area contributed by atoms with Crippen molar-refractivity contribution in [2.45, 2.75) is 18.9 Å². The van der Waals surface area contributed by atoms with Crippen molar-refractivity contribution in [3.8, 4) is 5.75 Å². The zero-order chi connectivity index (χ0) is 15.6. The van der Waals surface area contributed by atoms with Crippen molar-refractivity contribution in [3.05, 3.63) is 64.7 Å². The van der Waals surface area contributed by atoms with Crippen LogP contribution in [0.15, 0.2) is 36.4 Å². The van der Waals surface area contributed by atoms with Gasteiger partial charge >= 0.3 is 6.61 Å². The van der Waals surface area contributed by atoms with Gasteiger partial charge in [0, 0.05) is 11.6 Å². The molecule has 6 heteroatoms. The highest BCUT2D eigenvalue weighted by Crippen LogP contribution is 2.33. The number of hydrogen-bond donors (Lipinski definition) is 0. The first kappa shape index (κ1) is 15.6. The normalized spacial score (nSPS) is 12.5. The lowest BCUT2D eigenvalue weighted by atomic mass is 10.0. The Labute approximate surface area is 124 Å². The van der Waals surface area contributed by atoms with Gasteiger partial charge in [-0.2, -0.15) is 8.78 Å². The average molecular weight is 319 g/mol. The second-order valence-electron chi connectivity index (χ2n) is 4.44. The van der Waals surface area contributed by atoms with Gasteiger partial charge in [-0.3, -0.25) is 0 Å². The third-order valence-electron chi connectivity index (χ3n) is 2.93. The molecule has 1 unspecified atom stereocenters. The molecule has 0 radical (unpaired) electrons. The molecule has 0 spiro atoms. The summed E-state index contributed by atoms with van der Waals surface area (Å²) in [5, 5.41) is -0.939. The molecule has 2 aromatic rings. The highest BCUT2D eigenvalue weighted by molar-refractivity contribution is 6.22. The minimum absolute atomic E-state index is 0.0739. The molecule has 2 aromatic carbocycles. The number of benzene rings is 2. The van der Waals surface area contributed by atoms with E-state index in [-0.39, 0.29) is 16.9 Å². The average Bonchev–Trinajstić information content (AvgIpc) is 2.41. The van der Waals surface area contributed by atoms with Gasteiger partial charge in [0.05, 0.1) is 5.38 Å². The molecular weight excluding hydrogens is 308 g/mol. The van der Waals surface area contributed by atoms with Crippen LogP contribution in [0.3, 0.4) is 0 Å². The Morgan fingerprint density at radius 1 is 1.05 bits per heavy atom. The number of ether oxygens (including phenoxy) is 1. The third kappa shape index (κ3) is 3.67. The molecule has 0 aliphatic heterocycles. The number of hydrogen-bond acceptors (Lipinski definition) is 1. The van der Waals surface area contributed by atoms with Crippen LogP contribution in [-0.2, 0) is 0 Å². The van der Waals surface area contributed by atoms with Gasteiger partial charge in [0.25, 0.3) is 0 Å². The molecule has 0 heterocycles. The molecule has 112 valence electrons. The van der Waals surface area contributed by atoms with E-state index in [1.165, 1.54) is 31.2 Å². The predicted octanol–water partition coefficient (Wildman–Crippen LogP) is 5.20. The molecule has 21 heavy (non-hydrogen) atoms. The quantitative estimate of drug-likeness (QED) is 0.556. The van der Waals surface area contributed by atoms with Crippen molar-refractivity contribution in [1.82, 2.24) is 0 Å². The second kappa shape index (κ2) is 6.35. The van der Waals surface area contributed by atoms with Gasteiger partial charge in [0.1, 0.15) is 17.4 Å². The van der Waals surface area contributed by atoms with E-state index in [4.69, 9.17) is 11.6 Å². The monoisotopic (exact) mass is 318 g/mol. The summed E-state index contributed by atoms with van der Waals surface area (Å²) in [6, 6.07) is 7.70. The first-order valence-electron chi connectivity index (χ1n) is 6.03. The summed E-state index contributed by atoms with van der Waals surface area (Å²) in [6.07, 6.45) is 0. The maximum Gasteiger partial charge on any atom is 0.387 e. The molecule has 0 aliphatic carbocycles. The summed E-state index contributed by atoms with van der Waals surface area (Å²) in [5.74, 6) is -1.54. The zero-order valence-corrected chi connectivity index (χ0v) is 11.7. The van der Waals surface area contributed by atoms with E-state index in [2.05, 4.69) is 4.74 Å². The van der Waals surface area contributed by atoms with Crippen LogP contribution in [0.4, 0.5) is 17.6 Å². The number of halogens is 5. The van der Waals surface area contributed by atoms with Crippen LogP contribution in [0.25, 0.3) is 0 Å². The zero-order valence-electron chi connectivity index (χ0n) is 10.9. The van der Waals surface area contributed by atoms with E-state index >= 15 is 0 Å². The van der Waals surface area contributed by atoms with E-state index in [9.17, 15) is 17.6 Å². The van der Waals surface area contributed by atoms with Gasteiger partial charge in [-0.05, 0) is 36.2 Å². The fraction of sp³-hybridized carbons (Fsp3) is 0.200. The lowest BCUT2D eigenvalue weighted by Gasteiger charge is -2.14. The Morgan fingerprint density at radius 3 is 2.43 bits per heavy atom. The van der Waals surface area contributed by atoms with Crippen LogP contribution >= 0.6 is 11.6 Å². The van der Waals surface area contributed by atoms with Gasteiger partial charge < -0.3 is 4.74 Å². The topological polar surface area (TPSA) is 9.23 Å². The summed E-state index contributed by atoms with van der Waals surface area (Å²) in [7, 11) is 0. The minimum Gasteiger partial charge on any atom is -0.435 e.